The van der Waals surface area contributed by atoms with Gasteiger partial charge >= 0.3 is 0 Å². The van der Waals surface area contributed by atoms with Gasteiger partial charge in [0, 0.05) is 16.5 Å². The van der Waals surface area contributed by atoms with Crippen molar-refractivity contribution in [1.82, 2.24) is 0 Å². The average molecular weight is 462 g/mol. The molecular formula is C21H20BrNO4S. The number of rotatable bonds is 6. The molecule has 0 heterocycles. The summed E-state index contributed by atoms with van der Waals surface area (Å²) in [5.74, 6) is 0.942. The number of benzene rings is 3. The van der Waals surface area contributed by atoms with Crippen LogP contribution in [0.4, 0.5) is 0 Å². The minimum Gasteiger partial charge on any atom is -0.497 e. The second kappa shape index (κ2) is 8.34. The zero-order chi connectivity index (χ0) is 20.3. The number of methoxy groups -OCH3 is 2. The Labute approximate surface area is 173 Å². The zero-order valence-corrected chi connectivity index (χ0v) is 17.9. The molecular weight excluding hydrogens is 442 g/mol. The summed E-state index contributed by atoms with van der Waals surface area (Å²) in [6, 6.07) is 18.6. The molecule has 0 aliphatic heterocycles. The molecule has 0 saturated heterocycles. The highest BCUT2D eigenvalue weighted by atomic mass is 79.9. The third-order valence-corrected chi connectivity index (χ3v) is 6.05. The van der Waals surface area contributed by atoms with Gasteiger partial charge in [-0.15, -0.1) is 0 Å². The van der Waals surface area contributed by atoms with E-state index in [0.717, 1.165) is 26.7 Å². The van der Waals surface area contributed by atoms with E-state index in [-0.39, 0.29) is 10.6 Å². The van der Waals surface area contributed by atoms with Crippen LogP contribution in [0.2, 0.25) is 0 Å². The third-order valence-electron chi connectivity index (χ3n) is 4.42. The first-order valence-electron chi connectivity index (χ1n) is 8.45. The molecule has 0 unspecified atom stereocenters. The summed E-state index contributed by atoms with van der Waals surface area (Å²) < 4.78 is 35.9. The molecule has 7 heteroatoms. The quantitative estimate of drug-likeness (QED) is 0.590. The monoisotopic (exact) mass is 461 g/mol. The van der Waals surface area contributed by atoms with Gasteiger partial charge in [0.05, 0.1) is 14.2 Å². The summed E-state index contributed by atoms with van der Waals surface area (Å²) in [4.78, 5) is -0.0382. The number of ether oxygens (including phenoxy) is 2. The average Bonchev–Trinajstić information content (AvgIpc) is 2.68. The van der Waals surface area contributed by atoms with E-state index in [9.17, 15) is 8.42 Å². The van der Waals surface area contributed by atoms with Crippen molar-refractivity contribution in [2.24, 2.45) is 5.14 Å². The summed E-state index contributed by atoms with van der Waals surface area (Å²) in [7, 11) is -0.897. The van der Waals surface area contributed by atoms with Crippen LogP contribution in [0, 0.1) is 0 Å². The van der Waals surface area contributed by atoms with Crippen molar-refractivity contribution in [1.29, 1.82) is 0 Å². The highest BCUT2D eigenvalue weighted by Crippen LogP contribution is 2.40. The first kappa shape index (κ1) is 20.4. The van der Waals surface area contributed by atoms with Crippen LogP contribution in [-0.2, 0) is 16.4 Å². The summed E-state index contributed by atoms with van der Waals surface area (Å²) in [5.41, 5.74) is 3.45. The Morgan fingerprint density at radius 3 is 2.25 bits per heavy atom. The Hall–Kier alpha value is -2.35. The Bertz CT molecular complexity index is 1100. The van der Waals surface area contributed by atoms with Crippen LogP contribution in [0.25, 0.3) is 11.1 Å². The second-order valence-corrected chi connectivity index (χ2v) is 8.56. The van der Waals surface area contributed by atoms with Gasteiger partial charge in [-0.3, -0.25) is 0 Å². The predicted molar refractivity (Wildman–Crippen MR) is 113 cm³/mol. The molecule has 0 aromatic heterocycles. The molecule has 0 aliphatic rings. The van der Waals surface area contributed by atoms with E-state index in [1.807, 2.05) is 48.5 Å². The zero-order valence-electron chi connectivity index (χ0n) is 15.5. The standard InChI is InChI=1S/C21H20BrNO4S/c1-26-15-8-10-19(22)17(13-15)16-9-11-20(28(23,24)25)21(27-2)18(16)12-14-6-4-3-5-7-14/h3-11,13H,12H2,1-2H3,(H2,23,24,25). The molecule has 5 nitrogen and oxygen atoms in total. The molecule has 0 amide bonds. The molecule has 3 aromatic rings. The molecule has 146 valence electrons. The van der Waals surface area contributed by atoms with E-state index in [4.69, 9.17) is 14.6 Å². The lowest BCUT2D eigenvalue weighted by molar-refractivity contribution is 0.398. The van der Waals surface area contributed by atoms with Crippen molar-refractivity contribution in [3.05, 3.63) is 76.3 Å². The van der Waals surface area contributed by atoms with Gasteiger partial charge in [0.2, 0.25) is 10.0 Å². The molecule has 28 heavy (non-hydrogen) atoms. The largest absolute Gasteiger partial charge is 0.497 e. The van der Waals surface area contributed by atoms with Gasteiger partial charge < -0.3 is 9.47 Å². The van der Waals surface area contributed by atoms with Crippen LogP contribution in [0.5, 0.6) is 11.5 Å². The Morgan fingerprint density at radius 1 is 0.929 bits per heavy atom. The van der Waals surface area contributed by atoms with Gasteiger partial charge in [-0.1, -0.05) is 52.3 Å². The summed E-state index contributed by atoms with van der Waals surface area (Å²) in [5, 5.41) is 5.42. The smallest absolute Gasteiger partial charge is 0.241 e. The number of hydrogen-bond donors (Lipinski definition) is 1. The molecule has 0 fully saturated rings. The summed E-state index contributed by atoms with van der Waals surface area (Å²) in [6.07, 6.45) is 0.479. The van der Waals surface area contributed by atoms with Crippen molar-refractivity contribution in [2.45, 2.75) is 11.3 Å². The van der Waals surface area contributed by atoms with Crippen LogP contribution in [-0.4, -0.2) is 22.6 Å². The number of nitrogens with two attached hydrogens (primary N) is 1. The number of halogens is 1. The molecule has 0 radical (unpaired) electrons. The van der Waals surface area contributed by atoms with Crippen LogP contribution < -0.4 is 14.6 Å². The molecule has 0 aliphatic carbocycles. The lowest BCUT2D eigenvalue weighted by atomic mass is 9.94. The lowest BCUT2D eigenvalue weighted by Gasteiger charge is -2.18. The van der Waals surface area contributed by atoms with Gasteiger partial charge in [-0.2, -0.15) is 0 Å². The van der Waals surface area contributed by atoms with Crippen LogP contribution in [0.1, 0.15) is 11.1 Å². The van der Waals surface area contributed by atoms with Crippen LogP contribution >= 0.6 is 15.9 Å². The fraction of sp³-hybridized carbons (Fsp3) is 0.143. The highest BCUT2D eigenvalue weighted by Gasteiger charge is 2.23. The topological polar surface area (TPSA) is 78.6 Å². The molecule has 0 spiro atoms. The lowest BCUT2D eigenvalue weighted by Crippen LogP contribution is -2.15. The predicted octanol–water partition coefficient (Wildman–Crippen LogP) is 4.37. The molecule has 0 atom stereocenters. The SMILES string of the molecule is COc1ccc(Br)c(-c2ccc(S(N)(=O)=O)c(OC)c2Cc2ccccc2)c1. The van der Waals surface area contributed by atoms with E-state index >= 15 is 0 Å². The van der Waals surface area contributed by atoms with Crippen LogP contribution in [0.3, 0.4) is 0 Å². The van der Waals surface area contributed by atoms with E-state index in [0.29, 0.717) is 12.2 Å². The molecule has 0 bridgehead atoms. The van der Waals surface area contributed by atoms with E-state index in [2.05, 4.69) is 15.9 Å². The summed E-state index contributed by atoms with van der Waals surface area (Å²) in [6.45, 7) is 0. The second-order valence-electron chi connectivity index (χ2n) is 6.18. The number of primary sulfonamides is 1. The first-order chi connectivity index (χ1) is 13.3. The van der Waals surface area contributed by atoms with Gasteiger partial charge in [0.1, 0.15) is 16.4 Å². The van der Waals surface area contributed by atoms with E-state index in [1.165, 1.54) is 13.2 Å². The van der Waals surface area contributed by atoms with Gasteiger partial charge in [-0.05, 0) is 41.0 Å². The van der Waals surface area contributed by atoms with Crippen molar-refractivity contribution in [3.63, 3.8) is 0 Å². The third kappa shape index (κ3) is 4.22. The minimum atomic E-state index is -3.94. The van der Waals surface area contributed by atoms with Crippen molar-refractivity contribution in [3.8, 4) is 22.6 Å². The Balaban J connectivity index is 2.31. The fourth-order valence-electron chi connectivity index (χ4n) is 3.12. The summed E-state index contributed by atoms with van der Waals surface area (Å²) >= 11 is 3.58. The van der Waals surface area contributed by atoms with Crippen molar-refractivity contribution in [2.75, 3.05) is 14.2 Å². The van der Waals surface area contributed by atoms with Crippen LogP contribution in [0.15, 0.2) is 70.0 Å². The first-order valence-corrected chi connectivity index (χ1v) is 10.8. The fourth-order valence-corrected chi connectivity index (χ4v) is 4.30. The van der Waals surface area contributed by atoms with E-state index in [1.54, 1.807) is 13.2 Å². The van der Waals surface area contributed by atoms with E-state index < -0.39 is 10.0 Å². The van der Waals surface area contributed by atoms with Gasteiger partial charge in [0.15, 0.2) is 0 Å². The highest BCUT2D eigenvalue weighted by molar-refractivity contribution is 9.10. The maximum atomic E-state index is 12.1. The molecule has 3 rings (SSSR count). The maximum absolute atomic E-state index is 12.1. The normalized spacial score (nSPS) is 11.3. The molecule has 0 saturated carbocycles. The van der Waals surface area contributed by atoms with Gasteiger partial charge in [0.25, 0.3) is 0 Å². The molecule has 2 N–H and O–H groups in total. The minimum absolute atomic E-state index is 0.0382. The van der Waals surface area contributed by atoms with Crippen molar-refractivity contribution >= 4 is 26.0 Å². The Kier molecular flexibility index (Phi) is 6.07. The van der Waals surface area contributed by atoms with Crippen molar-refractivity contribution < 1.29 is 17.9 Å². The number of sulfonamides is 1. The van der Waals surface area contributed by atoms with Gasteiger partial charge in [-0.25, -0.2) is 13.6 Å². The molecule has 3 aromatic carbocycles. The maximum Gasteiger partial charge on any atom is 0.241 e. The number of hydrogen-bond acceptors (Lipinski definition) is 4. The Morgan fingerprint density at radius 2 is 1.64 bits per heavy atom.